The molecule has 3 saturated carbocycles. The zero-order valence-electron chi connectivity index (χ0n) is 46.3. The third-order valence-corrected chi connectivity index (χ3v) is 14.4. The van der Waals surface area contributed by atoms with Crippen LogP contribution in [0, 0.1) is 17.3 Å². The second-order valence-electron chi connectivity index (χ2n) is 23.1. The van der Waals surface area contributed by atoms with E-state index in [0.29, 0.717) is 18.8 Å². The third-order valence-electron chi connectivity index (χ3n) is 14.4. The van der Waals surface area contributed by atoms with E-state index >= 15 is 0 Å². The number of benzene rings is 2. The molecule has 77 heavy (non-hydrogen) atoms. The monoisotopic (exact) mass is 1080 g/mol. The van der Waals surface area contributed by atoms with Crippen molar-refractivity contribution in [3.05, 3.63) is 59.7 Å². The summed E-state index contributed by atoms with van der Waals surface area (Å²) in [5, 5.41) is 27.3. The van der Waals surface area contributed by atoms with Gasteiger partial charge in [0.25, 0.3) is 11.8 Å². The summed E-state index contributed by atoms with van der Waals surface area (Å²) in [4.78, 5) is 106. The minimum atomic E-state index is -1.85. The lowest BCUT2D eigenvalue weighted by molar-refractivity contribution is -0.199. The molecule has 12 N–H and O–H groups in total. The van der Waals surface area contributed by atoms with Gasteiger partial charge >= 0.3 is 25.3 Å². The van der Waals surface area contributed by atoms with E-state index in [1.807, 2.05) is 19.1 Å². The van der Waals surface area contributed by atoms with Gasteiger partial charge in [-0.05, 0) is 146 Å². The Morgan fingerprint density at radius 1 is 0.701 bits per heavy atom. The summed E-state index contributed by atoms with van der Waals surface area (Å²) >= 11 is 0. The predicted octanol–water partition coefficient (Wildman–Crippen LogP) is 3.92. The van der Waals surface area contributed by atoms with E-state index in [9.17, 15) is 43.5 Å². The Morgan fingerprint density at radius 3 is 1.84 bits per heavy atom. The molecule has 3 aliphatic carbocycles. The number of ether oxygens (including phenoxy) is 2. The summed E-state index contributed by atoms with van der Waals surface area (Å²) in [6, 6.07) is 9.13. The third kappa shape index (κ3) is 17.6. The first-order valence-corrected chi connectivity index (χ1v) is 26.7. The van der Waals surface area contributed by atoms with Gasteiger partial charge in [-0.15, -0.1) is 0 Å². The number of amides is 7. The topological polar surface area (TPSA) is 330 Å². The molecule has 7 amide bonds. The number of nitrogens with two attached hydrogens (primary N) is 2. The van der Waals surface area contributed by atoms with Crippen LogP contribution in [0.25, 0.3) is 11.1 Å². The number of carbonyl (C=O) groups is 8. The number of alkyl carbamates (subject to hydrolysis) is 2. The Labute approximate surface area is 452 Å². The molecule has 424 valence electrons. The van der Waals surface area contributed by atoms with Gasteiger partial charge in [-0.2, -0.15) is 0 Å². The van der Waals surface area contributed by atoms with Crippen molar-refractivity contribution >= 4 is 54.8 Å². The van der Waals surface area contributed by atoms with Gasteiger partial charge in [-0.1, -0.05) is 63.6 Å². The number of aliphatic carboxylic acids is 1. The molecule has 2 aromatic carbocycles. The Morgan fingerprint density at radius 2 is 1.26 bits per heavy atom. The van der Waals surface area contributed by atoms with Crippen molar-refractivity contribution in [2.75, 3.05) is 13.1 Å². The van der Waals surface area contributed by atoms with Gasteiger partial charge in [0.2, 0.25) is 17.7 Å². The van der Waals surface area contributed by atoms with Gasteiger partial charge < -0.3 is 72.6 Å². The molecule has 1 saturated heterocycles. The van der Waals surface area contributed by atoms with Gasteiger partial charge in [0, 0.05) is 18.5 Å². The van der Waals surface area contributed by atoms with Crippen LogP contribution in [-0.2, 0) is 49.2 Å². The molecule has 2 bridgehead atoms. The van der Waals surface area contributed by atoms with Crippen LogP contribution in [0.15, 0.2) is 48.5 Å². The second kappa shape index (κ2) is 26.4. The molecular weight excluding hydrogens is 993 g/mol. The predicted molar refractivity (Wildman–Crippen MR) is 287 cm³/mol. The average Bonchev–Trinajstić information content (AvgIpc) is 3.87. The van der Waals surface area contributed by atoms with E-state index in [-0.39, 0.29) is 36.0 Å². The van der Waals surface area contributed by atoms with Crippen molar-refractivity contribution in [3.8, 4) is 11.1 Å². The van der Waals surface area contributed by atoms with Crippen molar-refractivity contribution in [1.29, 1.82) is 0 Å². The zero-order valence-corrected chi connectivity index (χ0v) is 46.3. The molecule has 1 aliphatic heterocycles. The van der Waals surface area contributed by atoms with Crippen molar-refractivity contribution in [2.45, 2.75) is 187 Å². The first kappa shape index (κ1) is 61.6. The number of unbranched alkanes of at least 4 members (excludes halogenated alkanes) is 2. The van der Waals surface area contributed by atoms with Gasteiger partial charge in [0.1, 0.15) is 35.4 Å². The van der Waals surface area contributed by atoms with E-state index in [0.717, 1.165) is 43.2 Å². The summed E-state index contributed by atoms with van der Waals surface area (Å²) in [5.41, 5.74) is 13.7. The van der Waals surface area contributed by atoms with Crippen LogP contribution < -0.4 is 48.7 Å². The van der Waals surface area contributed by atoms with Crippen LogP contribution in [0.4, 0.5) is 9.59 Å². The Hall–Kier alpha value is -6.30. The van der Waals surface area contributed by atoms with Crippen LogP contribution in [0.2, 0.25) is 0 Å². The molecule has 4 aliphatic rings. The van der Waals surface area contributed by atoms with E-state index in [2.05, 4.69) is 70.1 Å². The van der Waals surface area contributed by atoms with Crippen LogP contribution in [0.3, 0.4) is 0 Å². The number of carboxylic acids is 1. The summed E-state index contributed by atoms with van der Waals surface area (Å²) in [7, 11) is -0.991. The van der Waals surface area contributed by atoms with Gasteiger partial charge in [0.05, 0.1) is 18.2 Å². The quantitative estimate of drug-likeness (QED) is 0.0383. The van der Waals surface area contributed by atoms with Crippen LogP contribution in [0.5, 0.6) is 0 Å². The van der Waals surface area contributed by atoms with Crippen molar-refractivity contribution < 1.29 is 62.2 Å². The zero-order chi connectivity index (χ0) is 57.0. The first-order valence-electron chi connectivity index (χ1n) is 26.7. The van der Waals surface area contributed by atoms with Crippen molar-refractivity contribution in [2.24, 2.45) is 28.7 Å². The number of rotatable bonds is 25. The van der Waals surface area contributed by atoms with Crippen LogP contribution >= 0.6 is 0 Å². The van der Waals surface area contributed by atoms with Gasteiger partial charge in [-0.3, -0.25) is 28.8 Å². The molecule has 0 spiro atoms. The van der Waals surface area contributed by atoms with E-state index < -0.39 is 121 Å². The maximum absolute atomic E-state index is 14.0. The molecule has 2 aromatic rings. The molecule has 0 unspecified atom stereocenters. The number of hydrogen-bond donors (Lipinski definition) is 10. The highest BCUT2D eigenvalue weighted by molar-refractivity contribution is 6.47. The summed E-state index contributed by atoms with van der Waals surface area (Å²) in [6.07, 6.45) is 0.845. The number of aryl methyl sites for hydroxylation is 1. The summed E-state index contributed by atoms with van der Waals surface area (Å²) < 4.78 is 23.3. The van der Waals surface area contributed by atoms with E-state index in [1.165, 1.54) is 5.56 Å². The number of carbonyl (C=O) groups excluding carboxylic acids is 7. The normalized spacial score (nSPS) is 21.2. The Kier molecular flexibility index (Phi) is 21.1. The molecule has 9 atom stereocenters. The van der Waals surface area contributed by atoms with E-state index in [1.54, 1.807) is 65.8 Å². The average molecular weight is 1080 g/mol. The minimum absolute atomic E-state index is 0.0183. The largest absolute Gasteiger partial charge is 0.497 e. The van der Waals surface area contributed by atoms with Gasteiger partial charge in [-0.25, -0.2) is 9.59 Å². The molecule has 6 rings (SSSR count). The fourth-order valence-electron chi connectivity index (χ4n) is 10.0. The SMILES string of the molecule is CCCCc1ccc(-c2ccc(C(=O)N[C@@H](CNC(=O)OC(C)(C)C)C(=O)N[C@@H](CCC(=O)O)C(=O)N[C@@H](N)C(=O)N[C@@H](CCCCNC(=O)OC(C)(C)C)C(=O)N[C@@H](N)B3O[C@@H]4C[C@@H]5C[C@@H](C5(C)C)[C@]4(C)O3)cc2)cc1. The molecule has 0 aromatic heterocycles. The van der Waals surface area contributed by atoms with Gasteiger partial charge in [0.15, 0.2) is 6.17 Å². The molecule has 4 fully saturated rings. The lowest BCUT2D eigenvalue weighted by Gasteiger charge is -2.64. The maximum Gasteiger partial charge on any atom is 0.497 e. The fraction of sp³-hybridized carbons (Fsp3) is 0.630. The van der Waals surface area contributed by atoms with Crippen molar-refractivity contribution in [1.82, 2.24) is 37.2 Å². The molecule has 0 radical (unpaired) electrons. The minimum Gasteiger partial charge on any atom is -0.481 e. The van der Waals surface area contributed by atoms with Crippen molar-refractivity contribution in [3.63, 3.8) is 0 Å². The van der Waals surface area contributed by atoms with Crippen LogP contribution in [-0.4, -0.2) is 126 Å². The molecular formula is C54H82BN9O13. The first-order chi connectivity index (χ1) is 36.0. The lowest BCUT2D eigenvalue weighted by atomic mass is 9.43. The fourth-order valence-corrected chi connectivity index (χ4v) is 10.0. The molecule has 22 nitrogen and oxygen atoms in total. The second-order valence-corrected chi connectivity index (χ2v) is 23.1. The highest BCUT2D eigenvalue weighted by Gasteiger charge is 2.68. The summed E-state index contributed by atoms with van der Waals surface area (Å²) in [6.45, 7) is 18.3. The highest BCUT2D eigenvalue weighted by Crippen LogP contribution is 2.65. The standard InChI is InChI=1S/C54H82BN9O13/c1-11-12-15-31-17-19-32(20-18-31)33-21-23-34(24-22-33)43(67)62-38(30-59-50(73)75-52(5,6)7)46(70)60-37(25-26-41(65)66)44(68)63-42(56)47(71)61-36(16-13-14-27-58-49(72)74-51(2,3)4)45(69)64-48(57)55-76-40-29-35-28-39(53(35,8)9)54(40,10)77-55/h17-24,35-40,42,48H,11-16,25-30,56-57H2,1-10H3,(H,58,72)(H,59,73)(H,60,70)(H,61,71)(H,62,67)(H,63,68)(H,64,69)(H,65,66)/t35-,36-,37-,38-,39-,40+,42+,48+,54-/m0/s1. The molecule has 23 heteroatoms. The number of carboxylic acid groups (broad SMARTS) is 1. The molecule has 1 heterocycles. The van der Waals surface area contributed by atoms with E-state index in [4.69, 9.17) is 30.2 Å². The number of nitrogens with one attached hydrogen (secondary N) is 7. The lowest BCUT2D eigenvalue weighted by Crippen LogP contribution is -2.65. The number of hydrogen-bond acceptors (Lipinski definition) is 14. The Bertz CT molecular complexity index is 2410. The van der Waals surface area contributed by atoms with Crippen LogP contribution in [0.1, 0.15) is 143 Å². The summed E-state index contributed by atoms with van der Waals surface area (Å²) in [5.74, 6) is -5.17. The highest BCUT2D eigenvalue weighted by atomic mass is 16.7. The smallest absolute Gasteiger partial charge is 0.481 e. The maximum atomic E-state index is 14.0. The Balaban J connectivity index is 1.26.